The van der Waals surface area contributed by atoms with E-state index in [9.17, 15) is 9.59 Å². The van der Waals surface area contributed by atoms with Crippen molar-refractivity contribution in [3.05, 3.63) is 45.9 Å². The van der Waals surface area contributed by atoms with Crippen molar-refractivity contribution in [3.63, 3.8) is 0 Å². The van der Waals surface area contributed by atoms with E-state index in [1.165, 1.54) is 7.11 Å². The molecule has 2 aromatic carbocycles. The quantitative estimate of drug-likeness (QED) is 0.427. The average Bonchev–Trinajstić information content (AvgIpc) is 2.80. The molecule has 178 valence electrons. The van der Waals surface area contributed by atoms with Gasteiger partial charge in [-0.1, -0.05) is 37.0 Å². The van der Waals surface area contributed by atoms with Crippen molar-refractivity contribution < 1.29 is 23.8 Å². The normalized spacial score (nSPS) is 18.0. The van der Waals surface area contributed by atoms with Crippen LogP contribution < -0.4 is 14.8 Å². The van der Waals surface area contributed by atoms with Crippen molar-refractivity contribution in [2.24, 2.45) is 11.8 Å². The van der Waals surface area contributed by atoms with Crippen LogP contribution in [0.25, 0.3) is 0 Å². The molecule has 1 fully saturated rings. The third-order valence-corrected chi connectivity index (χ3v) is 6.50. The van der Waals surface area contributed by atoms with Gasteiger partial charge in [-0.15, -0.1) is 0 Å². The van der Waals surface area contributed by atoms with E-state index >= 15 is 0 Å². The molecule has 2 aromatic rings. The number of benzene rings is 2. The van der Waals surface area contributed by atoms with Crippen molar-refractivity contribution >= 4 is 40.8 Å². The second kappa shape index (κ2) is 11.1. The third kappa shape index (κ3) is 6.12. The van der Waals surface area contributed by atoms with Gasteiger partial charge < -0.3 is 19.5 Å². The molecule has 1 aliphatic rings. The second-order valence-electron chi connectivity index (χ2n) is 8.49. The number of nitrogens with one attached hydrogen (secondary N) is 1. The highest BCUT2D eigenvalue weighted by Crippen LogP contribution is 2.41. The minimum absolute atomic E-state index is 0.115. The number of ether oxygens (including phenoxy) is 3. The number of rotatable bonds is 7. The van der Waals surface area contributed by atoms with Gasteiger partial charge in [0, 0.05) is 17.2 Å². The van der Waals surface area contributed by atoms with E-state index in [1.807, 2.05) is 12.1 Å². The first-order valence-electron chi connectivity index (χ1n) is 11.0. The molecule has 1 saturated carbocycles. The number of anilines is 1. The molecular weight excluding hydrogens is 465 g/mol. The molecule has 0 heterocycles. The van der Waals surface area contributed by atoms with Crippen LogP contribution in [0.5, 0.6) is 17.2 Å². The monoisotopic (exact) mass is 493 g/mol. The average molecular weight is 494 g/mol. The lowest BCUT2D eigenvalue weighted by Gasteiger charge is -2.26. The van der Waals surface area contributed by atoms with Crippen LogP contribution in [0.3, 0.4) is 0 Å². The molecule has 0 aromatic heterocycles. The fourth-order valence-corrected chi connectivity index (χ4v) is 4.64. The SMILES string of the molecule is COC(=O)C1CCC(C(=O)Nc2cc(Cl)c(Oc3ccc(OC)c(C(C)C)c3)c(Cl)c2)CC1. The second-order valence-corrected chi connectivity index (χ2v) is 9.30. The Morgan fingerprint density at radius 1 is 0.970 bits per heavy atom. The van der Waals surface area contributed by atoms with Gasteiger partial charge in [0.05, 0.1) is 30.2 Å². The Bertz CT molecular complexity index is 993. The molecule has 0 spiro atoms. The maximum atomic E-state index is 12.7. The number of esters is 1. The Hall–Kier alpha value is -2.44. The fourth-order valence-electron chi connectivity index (χ4n) is 4.08. The summed E-state index contributed by atoms with van der Waals surface area (Å²) in [7, 11) is 3.02. The van der Waals surface area contributed by atoms with E-state index in [1.54, 1.807) is 25.3 Å². The molecule has 0 atom stereocenters. The number of hydrogen-bond acceptors (Lipinski definition) is 5. The summed E-state index contributed by atoms with van der Waals surface area (Å²) in [4.78, 5) is 24.4. The van der Waals surface area contributed by atoms with Crippen molar-refractivity contribution in [3.8, 4) is 17.2 Å². The maximum absolute atomic E-state index is 12.7. The zero-order chi connectivity index (χ0) is 24.1. The summed E-state index contributed by atoms with van der Waals surface area (Å²) in [5.41, 5.74) is 1.50. The molecule has 0 saturated heterocycles. The largest absolute Gasteiger partial charge is 0.496 e. The fraction of sp³-hybridized carbons (Fsp3) is 0.440. The standard InChI is InChI=1S/C25H29Cl2NO5/c1-14(2)19-13-18(9-10-22(19)31-3)33-23-20(26)11-17(12-21(23)27)28-24(29)15-5-7-16(8-6-15)25(30)32-4/h9-16H,5-8H2,1-4H3,(H,28,29). The maximum Gasteiger partial charge on any atom is 0.308 e. The Morgan fingerprint density at radius 2 is 1.58 bits per heavy atom. The molecule has 3 rings (SSSR count). The van der Waals surface area contributed by atoms with Crippen LogP contribution >= 0.6 is 23.2 Å². The molecule has 8 heteroatoms. The smallest absolute Gasteiger partial charge is 0.308 e. The summed E-state index contributed by atoms with van der Waals surface area (Å²) in [6.07, 6.45) is 2.53. The van der Waals surface area contributed by atoms with E-state index in [0.717, 1.165) is 11.3 Å². The molecular formula is C25H29Cl2NO5. The van der Waals surface area contributed by atoms with Gasteiger partial charge in [0.25, 0.3) is 0 Å². The van der Waals surface area contributed by atoms with Gasteiger partial charge in [-0.05, 0) is 61.9 Å². The number of methoxy groups -OCH3 is 2. The summed E-state index contributed by atoms with van der Waals surface area (Å²) in [6.45, 7) is 4.14. The lowest BCUT2D eigenvalue weighted by atomic mass is 9.81. The van der Waals surface area contributed by atoms with Gasteiger partial charge in [-0.25, -0.2) is 0 Å². The molecule has 6 nitrogen and oxygen atoms in total. The van der Waals surface area contributed by atoms with Crippen LogP contribution in [0.2, 0.25) is 10.0 Å². The van der Waals surface area contributed by atoms with Crippen LogP contribution in [0.1, 0.15) is 51.0 Å². The molecule has 33 heavy (non-hydrogen) atoms. The predicted octanol–water partition coefficient (Wildman–Crippen LogP) is 6.84. The van der Waals surface area contributed by atoms with Gasteiger partial charge >= 0.3 is 5.97 Å². The zero-order valence-corrected chi connectivity index (χ0v) is 20.8. The van der Waals surface area contributed by atoms with E-state index in [4.69, 9.17) is 37.4 Å². The minimum atomic E-state index is -0.208. The number of carbonyl (C=O) groups excluding carboxylic acids is 2. The van der Waals surface area contributed by atoms with Crippen LogP contribution in [0, 0.1) is 11.8 Å². The van der Waals surface area contributed by atoms with Crippen LogP contribution in [-0.4, -0.2) is 26.1 Å². The molecule has 0 radical (unpaired) electrons. The number of amides is 1. The highest BCUT2D eigenvalue weighted by atomic mass is 35.5. The topological polar surface area (TPSA) is 73.9 Å². The Morgan fingerprint density at radius 3 is 2.12 bits per heavy atom. The summed E-state index contributed by atoms with van der Waals surface area (Å²) in [5, 5.41) is 3.46. The Kier molecular flexibility index (Phi) is 8.49. The lowest BCUT2D eigenvalue weighted by molar-refractivity contribution is -0.147. The van der Waals surface area contributed by atoms with Crippen molar-refractivity contribution in [2.45, 2.75) is 45.4 Å². The van der Waals surface area contributed by atoms with Gasteiger partial charge in [0.1, 0.15) is 11.5 Å². The molecule has 1 N–H and O–H groups in total. The van der Waals surface area contributed by atoms with Gasteiger partial charge in [0.15, 0.2) is 5.75 Å². The first-order chi connectivity index (χ1) is 15.7. The van der Waals surface area contributed by atoms with E-state index in [2.05, 4.69) is 19.2 Å². The molecule has 1 amide bonds. The number of halogens is 2. The van der Waals surface area contributed by atoms with Crippen LogP contribution in [-0.2, 0) is 14.3 Å². The van der Waals surface area contributed by atoms with Crippen molar-refractivity contribution in [1.29, 1.82) is 0 Å². The molecule has 0 unspecified atom stereocenters. The van der Waals surface area contributed by atoms with Crippen LogP contribution in [0.4, 0.5) is 5.69 Å². The number of hydrogen-bond donors (Lipinski definition) is 1. The van der Waals surface area contributed by atoms with Gasteiger partial charge in [0.2, 0.25) is 5.91 Å². The zero-order valence-electron chi connectivity index (χ0n) is 19.2. The summed E-state index contributed by atoms with van der Waals surface area (Å²) < 4.78 is 16.2. The molecule has 0 bridgehead atoms. The van der Waals surface area contributed by atoms with E-state index in [0.29, 0.717) is 42.9 Å². The molecule has 0 aliphatic heterocycles. The lowest BCUT2D eigenvalue weighted by Crippen LogP contribution is -2.30. The highest BCUT2D eigenvalue weighted by molar-refractivity contribution is 6.37. The van der Waals surface area contributed by atoms with Gasteiger partial charge in [-0.3, -0.25) is 9.59 Å². The molecule has 1 aliphatic carbocycles. The van der Waals surface area contributed by atoms with E-state index in [-0.39, 0.29) is 39.7 Å². The summed E-state index contributed by atoms with van der Waals surface area (Å²) >= 11 is 12.9. The number of carbonyl (C=O) groups is 2. The Balaban J connectivity index is 1.69. The van der Waals surface area contributed by atoms with Crippen LogP contribution in [0.15, 0.2) is 30.3 Å². The highest BCUT2D eigenvalue weighted by Gasteiger charge is 2.30. The predicted molar refractivity (Wildman–Crippen MR) is 130 cm³/mol. The Labute approximate surface area is 204 Å². The first kappa shape index (κ1) is 25.2. The van der Waals surface area contributed by atoms with Crippen molar-refractivity contribution in [2.75, 3.05) is 19.5 Å². The minimum Gasteiger partial charge on any atom is -0.496 e. The third-order valence-electron chi connectivity index (χ3n) is 5.94. The first-order valence-corrected chi connectivity index (χ1v) is 11.7. The summed E-state index contributed by atoms with van der Waals surface area (Å²) in [6, 6.07) is 8.77. The van der Waals surface area contributed by atoms with Gasteiger partial charge in [-0.2, -0.15) is 0 Å². The van der Waals surface area contributed by atoms with Crippen molar-refractivity contribution in [1.82, 2.24) is 0 Å². The summed E-state index contributed by atoms with van der Waals surface area (Å²) in [5.74, 6) is 1.30. The van der Waals surface area contributed by atoms with E-state index < -0.39 is 0 Å².